The van der Waals surface area contributed by atoms with Gasteiger partial charge in [0, 0.05) is 16.8 Å². The molecule has 3 rings (SSSR count). The minimum atomic E-state index is 0.340. The van der Waals surface area contributed by atoms with Gasteiger partial charge in [0.2, 0.25) is 5.95 Å². The molecule has 1 fully saturated rings. The molecular weight excluding hydrogens is 328 g/mol. The molecule has 21 heavy (non-hydrogen) atoms. The van der Waals surface area contributed by atoms with Crippen molar-refractivity contribution in [2.45, 2.75) is 44.4 Å². The van der Waals surface area contributed by atoms with Gasteiger partial charge in [0.25, 0.3) is 0 Å². The Bertz CT molecular complexity index is 623. The third kappa shape index (κ3) is 3.59. The Morgan fingerprint density at radius 3 is 2.57 bits per heavy atom. The summed E-state index contributed by atoms with van der Waals surface area (Å²) < 4.78 is 1.07. The lowest BCUT2D eigenvalue weighted by Gasteiger charge is -2.20. The van der Waals surface area contributed by atoms with Crippen LogP contribution < -0.4 is 5.73 Å². The Morgan fingerprint density at radius 2 is 1.81 bits per heavy atom. The van der Waals surface area contributed by atoms with E-state index in [0.29, 0.717) is 18.3 Å². The van der Waals surface area contributed by atoms with Crippen molar-refractivity contribution in [3.05, 3.63) is 46.0 Å². The number of aromatic nitrogens is 3. The first-order valence-electron chi connectivity index (χ1n) is 7.46. The molecule has 1 saturated carbocycles. The van der Waals surface area contributed by atoms with Crippen molar-refractivity contribution < 1.29 is 0 Å². The number of hydrogen-bond acceptors (Lipinski definition) is 4. The molecule has 1 aliphatic rings. The zero-order chi connectivity index (χ0) is 14.7. The van der Waals surface area contributed by atoms with Crippen molar-refractivity contribution >= 4 is 21.9 Å². The Hall–Kier alpha value is -1.49. The second kappa shape index (κ2) is 6.52. The number of nitrogens with zero attached hydrogens (tertiary/aromatic N) is 3. The number of nitrogen functional groups attached to an aromatic ring is 1. The van der Waals surface area contributed by atoms with Crippen molar-refractivity contribution in [2.75, 3.05) is 5.73 Å². The summed E-state index contributed by atoms with van der Waals surface area (Å²) in [6.45, 7) is 0. The van der Waals surface area contributed by atoms with E-state index in [4.69, 9.17) is 5.73 Å². The molecule has 0 radical (unpaired) electrons. The topological polar surface area (TPSA) is 64.7 Å². The summed E-state index contributed by atoms with van der Waals surface area (Å²) >= 11 is 3.56. The fraction of sp³-hybridized carbons (Fsp3) is 0.438. The average molecular weight is 347 g/mol. The van der Waals surface area contributed by atoms with Gasteiger partial charge in [0.05, 0.1) is 0 Å². The maximum Gasteiger partial charge on any atom is 0.223 e. The zero-order valence-electron chi connectivity index (χ0n) is 11.9. The van der Waals surface area contributed by atoms with Crippen LogP contribution in [0.3, 0.4) is 0 Å². The highest BCUT2D eigenvalue weighted by atomic mass is 79.9. The van der Waals surface area contributed by atoms with Crippen LogP contribution in [0.5, 0.6) is 0 Å². The number of halogens is 1. The van der Waals surface area contributed by atoms with Crippen molar-refractivity contribution in [3.8, 4) is 0 Å². The quantitative estimate of drug-likeness (QED) is 0.916. The molecule has 1 heterocycles. The standard InChI is InChI=1S/C16H19BrN4/c17-13-9-5-4-8-12(13)10-14-19-15(21-16(18)20-14)11-6-2-1-3-7-11/h4-5,8-9,11H,1-3,6-7,10H2,(H2,18,19,20,21). The van der Waals surface area contributed by atoms with E-state index in [2.05, 4.69) is 36.9 Å². The summed E-state index contributed by atoms with van der Waals surface area (Å²) in [4.78, 5) is 13.3. The van der Waals surface area contributed by atoms with Crippen LogP contribution in [-0.4, -0.2) is 15.0 Å². The lowest BCUT2D eigenvalue weighted by atomic mass is 9.89. The van der Waals surface area contributed by atoms with Crippen molar-refractivity contribution in [2.24, 2.45) is 0 Å². The molecule has 0 unspecified atom stereocenters. The van der Waals surface area contributed by atoms with Crippen LogP contribution in [0.4, 0.5) is 5.95 Å². The zero-order valence-corrected chi connectivity index (χ0v) is 13.5. The third-order valence-corrected chi connectivity index (χ3v) is 4.77. The minimum Gasteiger partial charge on any atom is -0.368 e. The molecular formula is C16H19BrN4. The molecule has 0 amide bonds. The van der Waals surface area contributed by atoms with Gasteiger partial charge in [0.1, 0.15) is 11.6 Å². The fourth-order valence-electron chi connectivity index (χ4n) is 2.89. The SMILES string of the molecule is Nc1nc(Cc2ccccc2Br)nc(C2CCCCC2)n1. The van der Waals surface area contributed by atoms with Crippen LogP contribution in [-0.2, 0) is 6.42 Å². The maximum atomic E-state index is 5.88. The van der Waals surface area contributed by atoms with Gasteiger partial charge in [-0.2, -0.15) is 9.97 Å². The van der Waals surface area contributed by atoms with Crippen molar-refractivity contribution in [3.63, 3.8) is 0 Å². The van der Waals surface area contributed by atoms with Gasteiger partial charge in [-0.05, 0) is 24.5 Å². The first kappa shape index (κ1) is 14.4. The normalized spacial score (nSPS) is 16.0. The molecule has 1 aromatic heterocycles. The van der Waals surface area contributed by atoms with Crippen molar-refractivity contribution in [1.82, 2.24) is 15.0 Å². The van der Waals surface area contributed by atoms with E-state index in [0.717, 1.165) is 34.5 Å². The van der Waals surface area contributed by atoms with E-state index < -0.39 is 0 Å². The number of anilines is 1. The molecule has 0 spiro atoms. The van der Waals surface area contributed by atoms with E-state index in [-0.39, 0.29) is 0 Å². The van der Waals surface area contributed by atoms with Gasteiger partial charge in [0.15, 0.2) is 0 Å². The van der Waals surface area contributed by atoms with Gasteiger partial charge in [-0.3, -0.25) is 0 Å². The molecule has 0 saturated heterocycles. The molecule has 0 aliphatic heterocycles. The predicted octanol–water partition coefficient (Wildman–Crippen LogP) is 3.85. The molecule has 110 valence electrons. The van der Waals surface area contributed by atoms with Crippen LogP contribution in [0.2, 0.25) is 0 Å². The van der Waals surface area contributed by atoms with Crippen LogP contribution in [0.25, 0.3) is 0 Å². The average Bonchev–Trinajstić information content (AvgIpc) is 2.50. The first-order chi connectivity index (χ1) is 10.2. The number of benzene rings is 1. The van der Waals surface area contributed by atoms with Crippen molar-refractivity contribution in [1.29, 1.82) is 0 Å². The highest BCUT2D eigenvalue weighted by molar-refractivity contribution is 9.10. The molecule has 5 heteroatoms. The summed E-state index contributed by atoms with van der Waals surface area (Å²) in [5.74, 6) is 2.42. The summed E-state index contributed by atoms with van der Waals surface area (Å²) in [6.07, 6.45) is 6.84. The van der Waals surface area contributed by atoms with Gasteiger partial charge in [-0.25, -0.2) is 4.98 Å². The Morgan fingerprint density at radius 1 is 1.05 bits per heavy atom. The molecule has 1 aromatic carbocycles. The van der Waals surface area contributed by atoms with E-state index in [9.17, 15) is 0 Å². The predicted molar refractivity (Wildman–Crippen MR) is 87.0 cm³/mol. The van der Waals surface area contributed by atoms with Gasteiger partial charge in [-0.1, -0.05) is 53.4 Å². The van der Waals surface area contributed by atoms with Crippen LogP contribution in [0.1, 0.15) is 55.2 Å². The lowest BCUT2D eigenvalue weighted by molar-refractivity contribution is 0.427. The fourth-order valence-corrected chi connectivity index (χ4v) is 3.32. The Balaban J connectivity index is 1.85. The number of rotatable bonds is 3. The number of hydrogen-bond donors (Lipinski definition) is 1. The van der Waals surface area contributed by atoms with Crippen LogP contribution in [0.15, 0.2) is 28.7 Å². The van der Waals surface area contributed by atoms with E-state index in [1.54, 1.807) is 0 Å². The molecule has 0 bridgehead atoms. The molecule has 2 aromatic rings. The van der Waals surface area contributed by atoms with E-state index >= 15 is 0 Å². The first-order valence-corrected chi connectivity index (χ1v) is 8.25. The van der Waals surface area contributed by atoms with Crippen LogP contribution >= 0.6 is 15.9 Å². The second-order valence-electron chi connectivity index (χ2n) is 5.57. The molecule has 1 aliphatic carbocycles. The Kier molecular flexibility index (Phi) is 4.48. The molecule has 0 atom stereocenters. The van der Waals surface area contributed by atoms with Crippen LogP contribution in [0, 0.1) is 0 Å². The molecule has 2 N–H and O–H groups in total. The smallest absolute Gasteiger partial charge is 0.223 e. The summed E-state index contributed by atoms with van der Waals surface area (Å²) in [6, 6.07) is 8.13. The second-order valence-corrected chi connectivity index (χ2v) is 6.43. The monoisotopic (exact) mass is 346 g/mol. The van der Waals surface area contributed by atoms with E-state index in [1.807, 2.05) is 18.2 Å². The number of nitrogens with two attached hydrogens (primary N) is 1. The summed E-state index contributed by atoms with van der Waals surface area (Å²) in [5, 5.41) is 0. The minimum absolute atomic E-state index is 0.340. The van der Waals surface area contributed by atoms with Gasteiger partial charge >= 0.3 is 0 Å². The highest BCUT2D eigenvalue weighted by Crippen LogP contribution is 2.31. The lowest BCUT2D eigenvalue weighted by Crippen LogP contribution is -2.13. The maximum absolute atomic E-state index is 5.88. The molecule has 4 nitrogen and oxygen atoms in total. The largest absolute Gasteiger partial charge is 0.368 e. The van der Waals surface area contributed by atoms with Gasteiger partial charge < -0.3 is 5.73 Å². The van der Waals surface area contributed by atoms with E-state index in [1.165, 1.54) is 19.3 Å². The summed E-state index contributed by atoms with van der Waals surface area (Å²) in [7, 11) is 0. The Labute approximate surface area is 133 Å². The third-order valence-electron chi connectivity index (χ3n) is 3.99. The van der Waals surface area contributed by atoms with Gasteiger partial charge in [-0.15, -0.1) is 0 Å². The highest BCUT2D eigenvalue weighted by Gasteiger charge is 2.19. The summed E-state index contributed by atoms with van der Waals surface area (Å²) in [5.41, 5.74) is 7.05.